The molecule has 1 aliphatic rings. The van der Waals surface area contributed by atoms with Gasteiger partial charge in [0.25, 0.3) is 11.8 Å². The molecule has 3 N–H and O–H groups in total. The van der Waals surface area contributed by atoms with E-state index in [9.17, 15) is 19.2 Å². The first kappa shape index (κ1) is 23.5. The highest BCUT2D eigenvalue weighted by molar-refractivity contribution is 6.10. The van der Waals surface area contributed by atoms with Gasteiger partial charge in [-0.15, -0.1) is 0 Å². The van der Waals surface area contributed by atoms with E-state index >= 15 is 0 Å². The second-order valence-electron chi connectivity index (χ2n) is 8.09. The minimum Gasteiger partial charge on any atom is -0.495 e. The van der Waals surface area contributed by atoms with Crippen LogP contribution in [0, 0.1) is 0 Å². The highest BCUT2D eigenvalue weighted by Crippen LogP contribution is 2.28. The van der Waals surface area contributed by atoms with Crippen LogP contribution in [0.2, 0.25) is 0 Å². The number of amides is 5. The molecule has 35 heavy (non-hydrogen) atoms. The van der Waals surface area contributed by atoms with Crippen molar-refractivity contribution in [3.05, 3.63) is 90.0 Å². The number of methoxy groups -OCH3 is 1. The maximum atomic E-state index is 13.0. The second kappa shape index (κ2) is 9.68. The van der Waals surface area contributed by atoms with Crippen LogP contribution in [0.5, 0.6) is 5.75 Å². The highest BCUT2D eigenvalue weighted by Gasteiger charge is 2.49. The van der Waals surface area contributed by atoms with Crippen LogP contribution in [0.1, 0.15) is 22.8 Å². The molecule has 1 atom stereocenters. The van der Waals surface area contributed by atoms with E-state index in [2.05, 4.69) is 16.0 Å². The number of hydrogen-bond donors (Lipinski definition) is 3. The topological polar surface area (TPSA) is 117 Å². The quantitative estimate of drug-likeness (QED) is 0.456. The van der Waals surface area contributed by atoms with Crippen LogP contribution < -0.4 is 20.7 Å². The van der Waals surface area contributed by atoms with Gasteiger partial charge in [0.1, 0.15) is 17.8 Å². The van der Waals surface area contributed by atoms with Crippen LogP contribution in [0.3, 0.4) is 0 Å². The number of nitrogens with zero attached hydrogens (tertiary/aromatic N) is 1. The molecule has 5 amide bonds. The van der Waals surface area contributed by atoms with Crippen molar-refractivity contribution in [2.45, 2.75) is 12.5 Å². The summed E-state index contributed by atoms with van der Waals surface area (Å²) in [6, 6.07) is 21.5. The van der Waals surface area contributed by atoms with E-state index in [4.69, 9.17) is 4.74 Å². The predicted molar refractivity (Wildman–Crippen MR) is 130 cm³/mol. The van der Waals surface area contributed by atoms with E-state index in [-0.39, 0.29) is 5.91 Å². The average Bonchev–Trinajstić information content (AvgIpc) is 3.09. The van der Waals surface area contributed by atoms with E-state index < -0.39 is 29.9 Å². The third kappa shape index (κ3) is 4.84. The molecule has 3 aromatic rings. The molecule has 178 valence electrons. The zero-order valence-corrected chi connectivity index (χ0v) is 19.2. The van der Waals surface area contributed by atoms with Gasteiger partial charge in [0.2, 0.25) is 5.91 Å². The zero-order valence-electron chi connectivity index (χ0n) is 19.2. The molecule has 1 saturated heterocycles. The van der Waals surface area contributed by atoms with E-state index in [0.717, 1.165) is 4.90 Å². The summed E-state index contributed by atoms with van der Waals surface area (Å²) < 4.78 is 5.23. The van der Waals surface area contributed by atoms with Gasteiger partial charge in [-0.3, -0.25) is 19.3 Å². The molecular formula is C26H24N4O5. The molecule has 0 aromatic heterocycles. The Morgan fingerprint density at radius 3 is 2.26 bits per heavy atom. The molecular weight excluding hydrogens is 448 g/mol. The number of para-hydroxylation sites is 2. The number of carbonyl (C=O) groups excluding carboxylic acids is 4. The van der Waals surface area contributed by atoms with Gasteiger partial charge in [0.05, 0.1) is 12.8 Å². The Balaban J connectivity index is 1.38. The molecule has 3 aromatic carbocycles. The van der Waals surface area contributed by atoms with Crippen LogP contribution in [0.4, 0.5) is 16.2 Å². The SMILES string of the molecule is COc1ccccc1NC(=O)c1ccc(NC(=O)CN2C(=O)N[C@@](C)(c3ccccc3)C2=O)cc1. The van der Waals surface area contributed by atoms with E-state index in [1.165, 1.54) is 7.11 Å². The lowest BCUT2D eigenvalue weighted by atomic mass is 9.92. The van der Waals surface area contributed by atoms with Crippen molar-refractivity contribution in [1.82, 2.24) is 10.2 Å². The van der Waals surface area contributed by atoms with Crippen LogP contribution in [-0.2, 0) is 15.1 Å². The summed E-state index contributed by atoms with van der Waals surface area (Å²) in [6.07, 6.45) is 0. The fourth-order valence-electron chi connectivity index (χ4n) is 3.80. The lowest BCUT2D eigenvalue weighted by molar-refractivity contribution is -0.133. The summed E-state index contributed by atoms with van der Waals surface area (Å²) in [5.41, 5.74) is 0.717. The molecule has 9 nitrogen and oxygen atoms in total. The molecule has 1 heterocycles. The van der Waals surface area contributed by atoms with E-state index in [0.29, 0.717) is 28.3 Å². The zero-order chi connectivity index (χ0) is 25.0. The number of ether oxygens (including phenoxy) is 1. The average molecular weight is 473 g/mol. The first-order valence-electron chi connectivity index (χ1n) is 10.9. The number of carbonyl (C=O) groups is 4. The van der Waals surface area contributed by atoms with Crippen molar-refractivity contribution in [3.8, 4) is 5.75 Å². The molecule has 0 unspecified atom stereocenters. The van der Waals surface area contributed by atoms with Gasteiger partial charge < -0.3 is 20.7 Å². The molecule has 0 aliphatic carbocycles. The van der Waals surface area contributed by atoms with Crippen molar-refractivity contribution < 1.29 is 23.9 Å². The largest absolute Gasteiger partial charge is 0.495 e. The Morgan fingerprint density at radius 1 is 0.914 bits per heavy atom. The molecule has 9 heteroatoms. The number of imide groups is 1. The van der Waals surface area contributed by atoms with Crippen LogP contribution in [0.25, 0.3) is 0 Å². The van der Waals surface area contributed by atoms with Crippen molar-refractivity contribution >= 4 is 35.1 Å². The van der Waals surface area contributed by atoms with Crippen molar-refractivity contribution in [3.63, 3.8) is 0 Å². The lowest BCUT2D eigenvalue weighted by Crippen LogP contribution is -2.42. The van der Waals surface area contributed by atoms with Gasteiger partial charge in [0.15, 0.2) is 0 Å². The highest BCUT2D eigenvalue weighted by atomic mass is 16.5. The van der Waals surface area contributed by atoms with Gasteiger partial charge in [0, 0.05) is 11.3 Å². The van der Waals surface area contributed by atoms with Crippen LogP contribution >= 0.6 is 0 Å². The van der Waals surface area contributed by atoms with Gasteiger partial charge >= 0.3 is 6.03 Å². The number of rotatable bonds is 7. The summed E-state index contributed by atoms with van der Waals surface area (Å²) >= 11 is 0. The summed E-state index contributed by atoms with van der Waals surface area (Å²) in [4.78, 5) is 51.4. The van der Waals surface area contributed by atoms with Crippen molar-refractivity contribution in [2.24, 2.45) is 0 Å². The van der Waals surface area contributed by atoms with Gasteiger partial charge in [-0.25, -0.2) is 4.79 Å². The summed E-state index contributed by atoms with van der Waals surface area (Å²) in [5.74, 6) is -0.857. The number of nitrogens with one attached hydrogen (secondary N) is 3. The Hall–Kier alpha value is -4.66. The number of urea groups is 1. The number of anilines is 2. The smallest absolute Gasteiger partial charge is 0.325 e. The monoisotopic (exact) mass is 472 g/mol. The third-order valence-electron chi connectivity index (χ3n) is 5.71. The Kier molecular flexibility index (Phi) is 6.50. The second-order valence-corrected chi connectivity index (χ2v) is 8.09. The molecule has 0 saturated carbocycles. The minimum absolute atomic E-state index is 0.341. The minimum atomic E-state index is -1.24. The van der Waals surface area contributed by atoms with E-state index in [1.54, 1.807) is 79.7 Å². The standard InChI is InChI=1S/C26H24N4O5/c1-26(18-8-4-3-5-9-18)24(33)30(25(34)29-26)16-22(31)27-19-14-12-17(13-15-19)23(32)28-20-10-6-7-11-21(20)35-2/h3-15H,16H2,1-2H3,(H,27,31)(H,28,32)(H,29,34)/t26-/m0/s1. The van der Waals surface area contributed by atoms with Crippen molar-refractivity contribution in [1.29, 1.82) is 0 Å². The first-order valence-corrected chi connectivity index (χ1v) is 10.9. The summed E-state index contributed by atoms with van der Waals surface area (Å²) in [5, 5.41) is 8.09. The van der Waals surface area contributed by atoms with Gasteiger partial charge in [-0.05, 0) is 48.9 Å². The molecule has 0 radical (unpaired) electrons. The van der Waals surface area contributed by atoms with E-state index in [1.807, 2.05) is 6.07 Å². The lowest BCUT2D eigenvalue weighted by Gasteiger charge is -2.22. The Morgan fingerprint density at radius 2 is 1.57 bits per heavy atom. The fraction of sp³-hybridized carbons (Fsp3) is 0.154. The van der Waals surface area contributed by atoms with Gasteiger partial charge in [-0.2, -0.15) is 0 Å². The maximum Gasteiger partial charge on any atom is 0.325 e. The molecule has 1 fully saturated rings. The summed E-state index contributed by atoms with van der Waals surface area (Å²) in [6.45, 7) is 1.17. The molecule has 1 aliphatic heterocycles. The summed E-state index contributed by atoms with van der Waals surface area (Å²) in [7, 11) is 1.52. The number of hydrogen-bond acceptors (Lipinski definition) is 5. The van der Waals surface area contributed by atoms with Gasteiger partial charge in [-0.1, -0.05) is 42.5 Å². The van der Waals surface area contributed by atoms with Crippen LogP contribution in [-0.4, -0.2) is 42.3 Å². The Labute approximate surface area is 202 Å². The molecule has 0 bridgehead atoms. The molecule has 4 rings (SSSR count). The van der Waals surface area contributed by atoms with Crippen LogP contribution in [0.15, 0.2) is 78.9 Å². The predicted octanol–water partition coefficient (Wildman–Crippen LogP) is 3.35. The third-order valence-corrected chi connectivity index (χ3v) is 5.71. The molecule has 0 spiro atoms. The Bertz CT molecular complexity index is 1280. The van der Waals surface area contributed by atoms with Crippen molar-refractivity contribution in [2.75, 3.05) is 24.3 Å². The fourth-order valence-corrected chi connectivity index (χ4v) is 3.80. The normalized spacial score (nSPS) is 17.0. The first-order chi connectivity index (χ1) is 16.8. The number of benzene rings is 3. The maximum absolute atomic E-state index is 13.0.